The van der Waals surface area contributed by atoms with E-state index in [1.54, 1.807) is 0 Å². The molecular formula is C75H65N3. The Morgan fingerprint density at radius 1 is 0.295 bits per heavy atom. The van der Waals surface area contributed by atoms with Gasteiger partial charge in [-0.15, -0.1) is 0 Å². The van der Waals surface area contributed by atoms with Gasteiger partial charge in [0.1, 0.15) is 0 Å². The van der Waals surface area contributed by atoms with Gasteiger partial charge in [-0.05, 0) is 218 Å². The first kappa shape index (κ1) is 49.7. The molecule has 0 radical (unpaired) electrons. The van der Waals surface area contributed by atoms with E-state index in [0.717, 1.165) is 39.8 Å². The zero-order valence-electron chi connectivity index (χ0n) is 46.0. The third-order valence-electron chi connectivity index (χ3n) is 16.8. The molecule has 78 heavy (non-hydrogen) atoms. The fraction of sp³-hybridized carbons (Fsp3) is 0.120. The van der Waals surface area contributed by atoms with E-state index in [0.29, 0.717) is 0 Å². The van der Waals surface area contributed by atoms with Crippen LogP contribution in [0.5, 0.6) is 0 Å². The summed E-state index contributed by atoms with van der Waals surface area (Å²) >= 11 is 0. The van der Waals surface area contributed by atoms with Crippen molar-refractivity contribution in [2.24, 2.45) is 0 Å². The van der Waals surface area contributed by atoms with Crippen molar-refractivity contribution < 1.29 is 0 Å². The molecule has 1 aliphatic heterocycles. The Kier molecular flexibility index (Phi) is 13.0. The number of para-hydroxylation sites is 1. The Balaban J connectivity index is 1.06. The van der Waals surface area contributed by atoms with Gasteiger partial charge >= 0.3 is 0 Å². The quantitative estimate of drug-likeness (QED) is 0.128. The maximum Gasteiger partial charge on any atom is 0.0742 e. The Morgan fingerprint density at radius 3 is 1.14 bits per heavy atom. The molecule has 0 bridgehead atoms. The van der Waals surface area contributed by atoms with Crippen molar-refractivity contribution in [3.63, 3.8) is 0 Å². The molecule has 0 N–H and O–H groups in total. The van der Waals surface area contributed by atoms with Crippen molar-refractivity contribution in [3.8, 4) is 22.3 Å². The van der Waals surface area contributed by atoms with E-state index in [-0.39, 0.29) is 0 Å². The summed E-state index contributed by atoms with van der Waals surface area (Å²) in [6, 6.07) is 92.5. The summed E-state index contributed by atoms with van der Waals surface area (Å²) in [5, 5.41) is 0. The van der Waals surface area contributed by atoms with Crippen LogP contribution in [0.3, 0.4) is 0 Å². The number of anilines is 9. The Morgan fingerprint density at radius 2 is 0.679 bits per heavy atom. The molecule has 0 amide bonds. The zero-order valence-corrected chi connectivity index (χ0v) is 46.0. The van der Waals surface area contributed by atoms with Crippen LogP contribution in [0, 0.1) is 55.4 Å². The van der Waals surface area contributed by atoms with Gasteiger partial charge < -0.3 is 14.7 Å². The number of benzene rings is 11. The molecule has 380 valence electrons. The van der Waals surface area contributed by atoms with Crippen LogP contribution in [-0.2, 0) is 5.41 Å². The van der Waals surface area contributed by atoms with Crippen LogP contribution in [0.2, 0.25) is 0 Å². The second-order valence-corrected chi connectivity index (χ2v) is 21.4. The smallest absolute Gasteiger partial charge is 0.0742 e. The highest BCUT2D eigenvalue weighted by Crippen LogP contribution is 2.58. The third kappa shape index (κ3) is 8.66. The summed E-state index contributed by atoms with van der Waals surface area (Å²) < 4.78 is 0. The molecule has 3 nitrogen and oxygen atoms in total. The van der Waals surface area contributed by atoms with Gasteiger partial charge in [0.15, 0.2) is 0 Å². The molecule has 1 aliphatic rings. The Hall–Kier alpha value is -9.18. The highest BCUT2D eigenvalue weighted by Gasteiger charge is 2.47. The lowest BCUT2D eigenvalue weighted by Gasteiger charge is -2.47. The summed E-state index contributed by atoms with van der Waals surface area (Å²) in [6.07, 6.45) is 0. The fourth-order valence-corrected chi connectivity index (χ4v) is 12.0. The van der Waals surface area contributed by atoms with Crippen molar-refractivity contribution >= 4 is 51.2 Å². The molecule has 11 aromatic carbocycles. The largest absolute Gasteiger partial charge is 0.310 e. The van der Waals surface area contributed by atoms with E-state index >= 15 is 0 Å². The van der Waals surface area contributed by atoms with Crippen LogP contribution in [0.1, 0.15) is 66.8 Å². The van der Waals surface area contributed by atoms with E-state index in [9.17, 15) is 0 Å². The maximum absolute atomic E-state index is 2.47. The standard InChI is InChI=1S/C75H65N3/c1-50-23-36-68(37-24-50)78-73-22-16-15-21-69(73)75(70-49-51(2)25-46-74(70)78,62-32-42-66(43-33-62)76(71-47-26-52(3)54(5)56(71)7)64-38-28-60(29-39-64)58-17-11-9-12-18-58)63-34-44-67(45-35-63)77(72-48-27-53(4)55(6)57(72)8)65-40-30-61(31-41-65)59-19-13-10-14-20-59/h9-49H,1-8H3. The van der Waals surface area contributed by atoms with Gasteiger partial charge in [0, 0.05) is 39.8 Å². The summed E-state index contributed by atoms with van der Waals surface area (Å²) in [6.45, 7) is 17.8. The van der Waals surface area contributed by atoms with Crippen molar-refractivity contribution in [1.29, 1.82) is 0 Å². The number of rotatable bonds is 11. The van der Waals surface area contributed by atoms with Crippen LogP contribution in [-0.4, -0.2) is 0 Å². The normalized spacial score (nSPS) is 12.4. The average molecular weight is 1010 g/mol. The molecule has 0 aromatic heterocycles. The lowest BCUT2D eigenvalue weighted by molar-refractivity contribution is 0.730. The second-order valence-electron chi connectivity index (χ2n) is 21.4. The molecule has 12 rings (SSSR count). The minimum atomic E-state index is -0.729. The number of nitrogens with zero attached hydrogens (tertiary/aromatic N) is 3. The first-order valence-electron chi connectivity index (χ1n) is 27.3. The minimum absolute atomic E-state index is 0.729. The number of fused-ring (bicyclic) bond motifs is 2. The molecule has 11 aromatic rings. The van der Waals surface area contributed by atoms with E-state index in [1.165, 1.54) is 100 Å². The van der Waals surface area contributed by atoms with E-state index < -0.39 is 5.41 Å². The predicted molar refractivity (Wildman–Crippen MR) is 331 cm³/mol. The fourth-order valence-electron chi connectivity index (χ4n) is 12.0. The van der Waals surface area contributed by atoms with E-state index in [1.807, 2.05) is 0 Å². The summed E-state index contributed by atoms with van der Waals surface area (Å²) in [4.78, 5) is 7.34. The lowest BCUT2D eigenvalue weighted by atomic mass is 9.62. The topological polar surface area (TPSA) is 9.72 Å². The molecule has 3 heteroatoms. The van der Waals surface area contributed by atoms with Crippen molar-refractivity contribution in [2.45, 2.75) is 60.8 Å². The summed E-state index contributed by atoms with van der Waals surface area (Å²) in [5.41, 5.74) is 29.2. The zero-order chi connectivity index (χ0) is 53.7. The minimum Gasteiger partial charge on any atom is -0.310 e. The van der Waals surface area contributed by atoms with Crippen molar-refractivity contribution in [1.82, 2.24) is 0 Å². The molecular weight excluding hydrogens is 943 g/mol. The number of hydrogen-bond donors (Lipinski definition) is 0. The second kappa shape index (κ2) is 20.4. The van der Waals surface area contributed by atoms with Gasteiger partial charge in [-0.1, -0.05) is 175 Å². The van der Waals surface area contributed by atoms with Crippen LogP contribution < -0.4 is 14.7 Å². The Bertz CT molecular complexity index is 3760. The first-order valence-corrected chi connectivity index (χ1v) is 27.3. The van der Waals surface area contributed by atoms with Gasteiger partial charge in [0.2, 0.25) is 0 Å². The van der Waals surface area contributed by atoms with E-state index in [4.69, 9.17) is 0 Å². The van der Waals surface area contributed by atoms with Gasteiger partial charge in [-0.2, -0.15) is 0 Å². The van der Waals surface area contributed by atoms with E-state index in [2.05, 4.69) is 319 Å². The first-order chi connectivity index (χ1) is 38.0. The number of aryl methyl sites for hydroxylation is 4. The molecule has 0 saturated carbocycles. The van der Waals surface area contributed by atoms with Gasteiger partial charge in [0.25, 0.3) is 0 Å². The monoisotopic (exact) mass is 1010 g/mol. The predicted octanol–water partition coefficient (Wildman–Crippen LogP) is 20.6. The lowest BCUT2D eigenvalue weighted by Crippen LogP contribution is -2.38. The van der Waals surface area contributed by atoms with Crippen molar-refractivity contribution in [3.05, 3.63) is 315 Å². The number of hydrogen-bond acceptors (Lipinski definition) is 3. The average Bonchev–Trinajstić information content (AvgIpc) is 3.12. The Labute approximate surface area is 462 Å². The molecule has 0 unspecified atom stereocenters. The van der Waals surface area contributed by atoms with Crippen molar-refractivity contribution in [2.75, 3.05) is 14.7 Å². The van der Waals surface area contributed by atoms with Crippen LogP contribution in [0.25, 0.3) is 22.3 Å². The third-order valence-corrected chi connectivity index (χ3v) is 16.8. The van der Waals surface area contributed by atoms with Gasteiger partial charge in [-0.25, -0.2) is 0 Å². The summed E-state index contributed by atoms with van der Waals surface area (Å²) in [5.74, 6) is 0. The highest BCUT2D eigenvalue weighted by atomic mass is 15.2. The molecule has 0 atom stereocenters. The van der Waals surface area contributed by atoms with Gasteiger partial charge in [0.05, 0.1) is 16.8 Å². The molecule has 0 saturated heterocycles. The summed E-state index contributed by atoms with van der Waals surface area (Å²) in [7, 11) is 0. The van der Waals surface area contributed by atoms with Gasteiger partial charge in [-0.3, -0.25) is 0 Å². The van der Waals surface area contributed by atoms with Crippen LogP contribution >= 0.6 is 0 Å². The molecule has 0 fully saturated rings. The highest BCUT2D eigenvalue weighted by molar-refractivity contribution is 5.91. The van der Waals surface area contributed by atoms with Crippen LogP contribution in [0.15, 0.2) is 249 Å². The molecule has 0 spiro atoms. The SMILES string of the molecule is Cc1ccc(N2c3ccccc3C(c3ccc(N(c4ccc(-c5ccccc5)cc4)c4ccc(C)c(C)c4C)cc3)(c3ccc(N(c4ccc(-c5ccccc5)cc4)c4ccc(C)c(C)c4C)cc3)c3cc(C)ccc32)cc1. The maximum atomic E-state index is 2.47. The molecule has 1 heterocycles. The molecule has 0 aliphatic carbocycles. The van der Waals surface area contributed by atoms with Crippen LogP contribution in [0.4, 0.5) is 51.2 Å².